The normalized spacial score (nSPS) is 15.4. The summed E-state index contributed by atoms with van der Waals surface area (Å²) in [6.07, 6.45) is -0.566. The van der Waals surface area contributed by atoms with Crippen LogP contribution in [0.2, 0.25) is 0 Å². The molecule has 0 fully saturated rings. The van der Waals surface area contributed by atoms with E-state index >= 15 is 0 Å². The molecule has 2 aromatic rings. The number of rotatable bonds is 3. The highest BCUT2D eigenvalue weighted by atomic mass is 16.5. The lowest BCUT2D eigenvalue weighted by Gasteiger charge is -2.23. The van der Waals surface area contributed by atoms with E-state index < -0.39 is 6.10 Å². The molecule has 1 heterocycles. The summed E-state index contributed by atoms with van der Waals surface area (Å²) in [6.45, 7) is 3.07. The topological polar surface area (TPSA) is 96.5 Å². The van der Waals surface area contributed by atoms with Crippen molar-refractivity contribution in [3.63, 3.8) is 0 Å². The number of benzene rings is 2. The number of carbonyl (C=O) groups is 3. The van der Waals surface area contributed by atoms with E-state index in [1.165, 1.54) is 6.92 Å². The van der Waals surface area contributed by atoms with E-state index in [4.69, 9.17) is 4.74 Å². The molecule has 2 aromatic carbocycles. The van der Waals surface area contributed by atoms with Gasteiger partial charge in [-0.25, -0.2) is 0 Å². The standard InChI is InChI=1S/C18H17N3O4/c1-10-17(23)21-15-8-12(6-7-16(15)25-10)18(24)20-14-5-3-4-13(9-14)19-11(2)22/h3-10H,1-2H3,(H,19,22)(H,20,24)(H,21,23). The van der Waals surface area contributed by atoms with Crippen LogP contribution in [0.4, 0.5) is 17.1 Å². The average molecular weight is 339 g/mol. The molecule has 1 aliphatic rings. The predicted molar refractivity (Wildman–Crippen MR) is 93.9 cm³/mol. The van der Waals surface area contributed by atoms with Gasteiger partial charge >= 0.3 is 0 Å². The van der Waals surface area contributed by atoms with Gasteiger partial charge in [0.1, 0.15) is 5.75 Å². The van der Waals surface area contributed by atoms with Gasteiger partial charge in [0.05, 0.1) is 5.69 Å². The van der Waals surface area contributed by atoms with Crippen molar-refractivity contribution < 1.29 is 19.1 Å². The highest BCUT2D eigenvalue weighted by Crippen LogP contribution is 2.30. The molecule has 3 amide bonds. The summed E-state index contributed by atoms with van der Waals surface area (Å²) in [5, 5.41) is 8.12. The van der Waals surface area contributed by atoms with Crippen molar-refractivity contribution in [3.8, 4) is 5.75 Å². The molecule has 0 spiro atoms. The van der Waals surface area contributed by atoms with Crippen LogP contribution in [0.25, 0.3) is 0 Å². The first-order valence-electron chi connectivity index (χ1n) is 7.73. The minimum absolute atomic E-state index is 0.192. The molecule has 25 heavy (non-hydrogen) atoms. The summed E-state index contributed by atoms with van der Waals surface area (Å²) in [7, 11) is 0. The van der Waals surface area contributed by atoms with Gasteiger partial charge in [-0.15, -0.1) is 0 Å². The zero-order valence-electron chi connectivity index (χ0n) is 13.8. The van der Waals surface area contributed by atoms with E-state index in [1.807, 2.05) is 0 Å². The van der Waals surface area contributed by atoms with E-state index in [1.54, 1.807) is 49.4 Å². The van der Waals surface area contributed by atoms with E-state index in [0.717, 1.165) is 0 Å². The van der Waals surface area contributed by atoms with Crippen molar-refractivity contribution in [3.05, 3.63) is 48.0 Å². The second kappa shape index (κ2) is 6.64. The highest BCUT2D eigenvalue weighted by Gasteiger charge is 2.24. The Morgan fingerprint density at radius 2 is 1.80 bits per heavy atom. The molecular formula is C18H17N3O4. The number of anilines is 3. The Hall–Kier alpha value is -3.35. The van der Waals surface area contributed by atoms with Crippen molar-refractivity contribution in [1.29, 1.82) is 0 Å². The number of hydrogen-bond donors (Lipinski definition) is 3. The fourth-order valence-electron chi connectivity index (χ4n) is 2.43. The van der Waals surface area contributed by atoms with Gasteiger partial charge in [-0.05, 0) is 43.3 Å². The second-order valence-electron chi connectivity index (χ2n) is 5.68. The third-order valence-corrected chi connectivity index (χ3v) is 3.61. The highest BCUT2D eigenvalue weighted by molar-refractivity contribution is 6.06. The number of hydrogen-bond acceptors (Lipinski definition) is 4. The van der Waals surface area contributed by atoms with Crippen LogP contribution in [-0.4, -0.2) is 23.8 Å². The van der Waals surface area contributed by atoms with Gasteiger partial charge < -0.3 is 20.7 Å². The fourth-order valence-corrected chi connectivity index (χ4v) is 2.43. The monoisotopic (exact) mass is 339 g/mol. The summed E-state index contributed by atoms with van der Waals surface area (Å²) < 4.78 is 5.47. The predicted octanol–water partition coefficient (Wildman–Crippen LogP) is 2.62. The molecule has 0 aromatic heterocycles. The maximum Gasteiger partial charge on any atom is 0.265 e. The van der Waals surface area contributed by atoms with Gasteiger partial charge in [-0.3, -0.25) is 14.4 Å². The minimum Gasteiger partial charge on any atom is -0.479 e. The summed E-state index contributed by atoms with van der Waals surface area (Å²) in [5.74, 6) is -0.261. The van der Waals surface area contributed by atoms with Gasteiger partial charge in [0.2, 0.25) is 5.91 Å². The van der Waals surface area contributed by atoms with Crippen LogP contribution in [0, 0.1) is 0 Å². The number of ether oxygens (including phenoxy) is 1. The summed E-state index contributed by atoms with van der Waals surface area (Å²) in [4.78, 5) is 35.2. The molecule has 0 saturated carbocycles. The first kappa shape index (κ1) is 16.5. The lowest BCUT2D eigenvalue weighted by molar-refractivity contribution is -0.122. The van der Waals surface area contributed by atoms with Crippen LogP contribution in [0.3, 0.4) is 0 Å². The van der Waals surface area contributed by atoms with Crippen molar-refractivity contribution in [2.24, 2.45) is 0 Å². The lowest BCUT2D eigenvalue weighted by Crippen LogP contribution is -2.34. The maximum absolute atomic E-state index is 12.4. The number of amides is 3. The average Bonchev–Trinajstić information content (AvgIpc) is 2.55. The third kappa shape index (κ3) is 3.77. The Kier molecular flexibility index (Phi) is 4.38. The molecule has 128 valence electrons. The van der Waals surface area contributed by atoms with Gasteiger partial charge in [0, 0.05) is 23.9 Å². The molecule has 7 nitrogen and oxygen atoms in total. The summed E-state index contributed by atoms with van der Waals surface area (Å²) in [6, 6.07) is 11.7. The van der Waals surface area contributed by atoms with Crippen LogP contribution in [-0.2, 0) is 9.59 Å². The molecule has 0 radical (unpaired) electrons. The van der Waals surface area contributed by atoms with Crippen molar-refractivity contribution in [2.75, 3.05) is 16.0 Å². The smallest absolute Gasteiger partial charge is 0.265 e. The second-order valence-corrected chi connectivity index (χ2v) is 5.68. The zero-order valence-corrected chi connectivity index (χ0v) is 13.8. The van der Waals surface area contributed by atoms with Crippen LogP contribution in [0.5, 0.6) is 5.75 Å². The van der Waals surface area contributed by atoms with Gasteiger partial charge in [-0.1, -0.05) is 6.07 Å². The quantitative estimate of drug-likeness (QED) is 0.801. The molecule has 1 aliphatic heterocycles. The Labute approximate surface area is 144 Å². The van der Waals surface area contributed by atoms with Crippen LogP contribution in [0.1, 0.15) is 24.2 Å². The van der Waals surface area contributed by atoms with Crippen molar-refractivity contribution in [2.45, 2.75) is 20.0 Å². The van der Waals surface area contributed by atoms with Crippen molar-refractivity contribution in [1.82, 2.24) is 0 Å². The molecule has 0 bridgehead atoms. The molecular weight excluding hydrogens is 322 g/mol. The number of nitrogens with one attached hydrogen (secondary N) is 3. The largest absolute Gasteiger partial charge is 0.479 e. The first-order valence-corrected chi connectivity index (χ1v) is 7.73. The Bertz CT molecular complexity index is 863. The van der Waals surface area contributed by atoms with Crippen LogP contribution < -0.4 is 20.7 Å². The van der Waals surface area contributed by atoms with E-state index in [-0.39, 0.29) is 17.7 Å². The molecule has 0 aliphatic carbocycles. The molecule has 7 heteroatoms. The van der Waals surface area contributed by atoms with E-state index in [2.05, 4.69) is 16.0 Å². The van der Waals surface area contributed by atoms with E-state index in [0.29, 0.717) is 28.4 Å². The summed E-state index contributed by atoms with van der Waals surface area (Å²) in [5.41, 5.74) is 1.97. The lowest BCUT2D eigenvalue weighted by atomic mass is 10.1. The van der Waals surface area contributed by atoms with E-state index in [9.17, 15) is 14.4 Å². The molecule has 0 saturated heterocycles. The molecule has 1 unspecified atom stereocenters. The number of carbonyl (C=O) groups excluding carboxylic acids is 3. The maximum atomic E-state index is 12.4. The minimum atomic E-state index is -0.566. The fraction of sp³-hybridized carbons (Fsp3) is 0.167. The van der Waals surface area contributed by atoms with Crippen LogP contribution in [0.15, 0.2) is 42.5 Å². The molecule has 1 atom stereocenters. The third-order valence-electron chi connectivity index (χ3n) is 3.61. The SMILES string of the molecule is CC(=O)Nc1cccc(NC(=O)c2ccc3c(c2)NC(=O)C(C)O3)c1. The molecule has 3 N–H and O–H groups in total. The zero-order chi connectivity index (χ0) is 18.0. The van der Waals surface area contributed by atoms with Gasteiger partial charge in [-0.2, -0.15) is 0 Å². The summed E-state index contributed by atoms with van der Waals surface area (Å²) >= 11 is 0. The van der Waals surface area contributed by atoms with Crippen LogP contribution >= 0.6 is 0 Å². The number of fused-ring (bicyclic) bond motifs is 1. The van der Waals surface area contributed by atoms with Gasteiger partial charge in [0.25, 0.3) is 11.8 Å². The Morgan fingerprint density at radius 3 is 2.52 bits per heavy atom. The molecule has 3 rings (SSSR count). The Morgan fingerprint density at radius 1 is 1.08 bits per heavy atom. The Balaban J connectivity index is 1.77. The van der Waals surface area contributed by atoms with Crippen molar-refractivity contribution >= 4 is 34.8 Å². The first-order chi connectivity index (χ1) is 11.9. The van der Waals surface area contributed by atoms with Gasteiger partial charge in [0.15, 0.2) is 6.10 Å².